The Bertz CT molecular complexity index is 543. The second-order valence-electron chi connectivity index (χ2n) is 5.19. The number of nitrogens with one attached hydrogen (secondary N) is 1. The minimum Gasteiger partial charge on any atom is -0.319 e. The average molecular weight is 309 g/mol. The number of rotatable bonds is 4. The Morgan fingerprint density at radius 2 is 2.06 bits per heavy atom. The highest BCUT2D eigenvalue weighted by Crippen LogP contribution is 2.35. The number of pyridine rings is 1. The Morgan fingerprint density at radius 1 is 1.33 bits per heavy atom. The van der Waals surface area contributed by atoms with E-state index in [1.807, 2.05) is 7.05 Å². The largest absolute Gasteiger partial charge is 0.319 e. The number of halogens is 1. The van der Waals surface area contributed by atoms with Crippen LogP contribution in [0.1, 0.15) is 31.0 Å². The van der Waals surface area contributed by atoms with E-state index in [-0.39, 0.29) is 0 Å². The maximum absolute atomic E-state index is 3.73. The van der Waals surface area contributed by atoms with Crippen LogP contribution in [0.15, 0.2) is 28.9 Å². The molecule has 0 spiro atoms. The molecule has 1 N–H and O–H groups in total. The van der Waals surface area contributed by atoms with Gasteiger partial charge in [0.05, 0.1) is 5.52 Å². The van der Waals surface area contributed by atoms with Crippen molar-refractivity contribution in [2.24, 2.45) is 5.92 Å². The van der Waals surface area contributed by atoms with Gasteiger partial charge in [-0.2, -0.15) is 0 Å². The highest BCUT2D eigenvalue weighted by Gasteiger charge is 2.23. The normalized spacial score (nSPS) is 13.4. The molecule has 0 radical (unpaired) electrons. The van der Waals surface area contributed by atoms with Crippen molar-refractivity contribution in [2.45, 2.75) is 26.7 Å². The summed E-state index contributed by atoms with van der Waals surface area (Å²) in [4.78, 5) is 0. The molecule has 0 aromatic carbocycles. The van der Waals surface area contributed by atoms with Crippen LogP contribution in [0.3, 0.4) is 0 Å². The second kappa shape index (κ2) is 5.45. The summed E-state index contributed by atoms with van der Waals surface area (Å²) in [6.45, 7) is 7.79. The molecular formula is C15H21BrN2. The molecule has 18 heavy (non-hydrogen) atoms. The standard InChI is InChI=1S/C15H21BrN2/c1-10(2)12(9-17-4)15-11(3)14(16)13-7-5-6-8-18(13)15/h5-8,10,12,17H,9H2,1-4H3. The number of hydrogen-bond acceptors (Lipinski definition) is 1. The van der Waals surface area contributed by atoms with Crippen LogP contribution in [0, 0.1) is 12.8 Å². The highest BCUT2D eigenvalue weighted by atomic mass is 79.9. The number of likely N-dealkylation sites (N-methyl/N-ethyl adjacent to an activating group) is 1. The molecule has 98 valence electrons. The fraction of sp³-hybridized carbons (Fsp3) is 0.467. The van der Waals surface area contributed by atoms with Crippen molar-refractivity contribution in [3.8, 4) is 0 Å². The molecule has 0 saturated heterocycles. The lowest BCUT2D eigenvalue weighted by atomic mass is 9.90. The van der Waals surface area contributed by atoms with Crippen LogP contribution in [-0.4, -0.2) is 18.0 Å². The lowest BCUT2D eigenvalue weighted by Crippen LogP contribution is -2.23. The van der Waals surface area contributed by atoms with E-state index in [1.54, 1.807) is 0 Å². The monoisotopic (exact) mass is 308 g/mol. The topological polar surface area (TPSA) is 16.4 Å². The fourth-order valence-electron chi connectivity index (χ4n) is 2.64. The highest BCUT2D eigenvalue weighted by molar-refractivity contribution is 9.10. The first-order valence-electron chi connectivity index (χ1n) is 6.47. The Kier molecular flexibility index (Phi) is 4.13. The Hall–Kier alpha value is -0.800. The first-order valence-corrected chi connectivity index (χ1v) is 7.26. The molecule has 2 aromatic heterocycles. The zero-order chi connectivity index (χ0) is 13.3. The van der Waals surface area contributed by atoms with Gasteiger partial charge < -0.3 is 9.72 Å². The van der Waals surface area contributed by atoms with Gasteiger partial charge in [-0.3, -0.25) is 0 Å². The summed E-state index contributed by atoms with van der Waals surface area (Å²) < 4.78 is 3.54. The Morgan fingerprint density at radius 3 is 2.67 bits per heavy atom. The third-order valence-electron chi connectivity index (χ3n) is 3.64. The fourth-order valence-corrected chi connectivity index (χ4v) is 3.17. The van der Waals surface area contributed by atoms with E-state index in [0.717, 1.165) is 6.54 Å². The smallest absolute Gasteiger partial charge is 0.0597 e. The molecule has 0 saturated carbocycles. The first-order chi connectivity index (χ1) is 8.57. The van der Waals surface area contributed by atoms with E-state index in [0.29, 0.717) is 11.8 Å². The van der Waals surface area contributed by atoms with Crippen molar-refractivity contribution < 1.29 is 0 Å². The molecular weight excluding hydrogens is 288 g/mol. The quantitative estimate of drug-likeness (QED) is 0.904. The predicted molar refractivity (Wildman–Crippen MR) is 81.3 cm³/mol. The van der Waals surface area contributed by atoms with Gasteiger partial charge in [-0.25, -0.2) is 0 Å². The van der Waals surface area contributed by atoms with E-state index in [1.165, 1.54) is 21.2 Å². The van der Waals surface area contributed by atoms with Crippen LogP contribution in [0.2, 0.25) is 0 Å². The third-order valence-corrected chi connectivity index (χ3v) is 4.64. The van der Waals surface area contributed by atoms with Gasteiger partial charge in [0.25, 0.3) is 0 Å². The number of aromatic nitrogens is 1. The summed E-state index contributed by atoms with van der Waals surface area (Å²) >= 11 is 3.73. The zero-order valence-corrected chi connectivity index (χ0v) is 13.1. The molecule has 2 heterocycles. The van der Waals surface area contributed by atoms with E-state index in [9.17, 15) is 0 Å². The van der Waals surface area contributed by atoms with Crippen LogP contribution in [0.4, 0.5) is 0 Å². The van der Waals surface area contributed by atoms with Crippen molar-refractivity contribution in [3.05, 3.63) is 40.1 Å². The Balaban J connectivity index is 2.65. The van der Waals surface area contributed by atoms with Gasteiger partial charge in [-0.05, 0) is 53.5 Å². The molecule has 2 nitrogen and oxygen atoms in total. The van der Waals surface area contributed by atoms with E-state index < -0.39 is 0 Å². The van der Waals surface area contributed by atoms with Crippen LogP contribution in [-0.2, 0) is 0 Å². The number of hydrogen-bond donors (Lipinski definition) is 1. The molecule has 1 atom stereocenters. The van der Waals surface area contributed by atoms with Gasteiger partial charge >= 0.3 is 0 Å². The Labute approximate surface area is 118 Å². The predicted octanol–water partition coefficient (Wildman–Crippen LogP) is 3.97. The van der Waals surface area contributed by atoms with Gasteiger partial charge in [-0.15, -0.1) is 0 Å². The molecule has 1 unspecified atom stereocenters. The van der Waals surface area contributed by atoms with Gasteiger partial charge in [0.15, 0.2) is 0 Å². The zero-order valence-electron chi connectivity index (χ0n) is 11.5. The van der Waals surface area contributed by atoms with Crippen molar-refractivity contribution in [1.29, 1.82) is 0 Å². The SMILES string of the molecule is CNCC(c1c(C)c(Br)c2ccccn12)C(C)C. The lowest BCUT2D eigenvalue weighted by Gasteiger charge is -2.22. The molecule has 2 rings (SSSR count). The summed E-state index contributed by atoms with van der Waals surface area (Å²) in [6.07, 6.45) is 2.16. The summed E-state index contributed by atoms with van der Waals surface area (Å²) in [5.41, 5.74) is 4.03. The molecule has 0 amide bonds. The second-order valence-corrected chi connectivity index (χ2v) is 5.98. The maximum atomic E-state index is 3.73. The maximum Gasteiger partial charge on any atom is 0.0597 e. The van der Waals surface area contributed by atoms with Gasteiger partial charge in [0.2, 0.25) is 0 Å². The molecule has 0 aliphatic rings. The number of nitrogens with zero attached hydrogens (tertiary/aromatic N) is 1. The number of fused-ring (bicyclic) bond motifs is 1. The van der Waals surface area contributed by atoms with Crippen molar-refractivity contribution in [2.75, 3.05) is 13.6 Å². The summed E-state index contributed by atoms with van der Waals surface area (Å²) in [7, 11) is 2.02. The average Bonchev–Trinajstić information content (AvgIpc) is 2.60. The van der Waals surface area contributed by atoms with Crippen LogP contribution >= 0.6 is 15.9 Å². The first kappa shape index (κ1) is 13.6. The summed E-state index contributed by atoms with van der Waals surface area (Å²) in [5, 5.41) is 3.32. The molecule has 0 aliphatic heterocycles. The molecule has 0 aliphatic carbocycles. The van der Waals surface area contributed by atoms with Gasteiger partial charge in [0.1, 0.15) is 0 Å². The molecule has 3 heteroatoms. The molecule has 0 fully saturated rings. The van der Waals surface area contributed by atoms with Crippen LogP contribution in [0.5, 0.6) is 0 Å². The van der Waals surface area contributed by atoms with Gasteiger partial charge in [0, 0.05) is 28.8 Å². The molecule has 2 aromatic rings. The summed E-state index contributed by atoms with van der Waals surface area (Å²) in [5.74, 6) is 1.14. The molecule has 0 bridgehead atoms. The van der Waals surface area contributed by atoms with E-state index in [4.69, 9.17) is 0 Å². The lowest BCUT2D eigenvalue weighted by molar-refractivity contribution is 0.465. The van der Waals surface area contributed by atoms with Crippen molar-refractivity contribution >= 4 is 21.4 Å². The van der Waals surface area contributed by atoms with Crippen LogP contribution in [0.25, 0.3) is 5.52 Å². The van der Waals surface area contributed by atoms with Gasteiger partial charge in [-0.1, -0.05) is 19.9 Å². The van der Waals surface area contributed by atoms with Crippen LogP contribution < -0.4 is 5.32 Å². The van der Waals surface area contributed by atoms with E-state index in [2.05, 4.69) is 70.8 Å². The third kappa shape index (κ3) is 2.21. The van der Waals surface area contributed by atoms with Crippen molar-refractivity contribution in [1.82, 2.24) is 9.72 Å². The minimum atomic E-state index is 0.524. The summed E-state index contributed by atoms with van der Waals surface area (Å²) in [6, 6.07) is 6.35. The van der Waals surface area contributed by atoms with Crippen molar-refractivity contribution in [3.63, 3.8) is 0 Å². The minimum absolute atomic E-state index is 0.524. The van der Waals surface area contributed by atoms with E-state index >= 15 is 0 Å².